The van der Waals surface area contributed by atoms with Crippen LogP contribution < -0.4 is 11.1 Å². The summed E-state index contributed by atoms with van der Waals surface area (Å²) in [5, 5.41) is 3.37. The van der Waals surface area contributed by atoms with Crippen molar-refractivity contribution >= 4 is 5.91 Å². The lowest BCUT2D eigenvalue weighted by Gasteiger charge is -2.46. The van der Waals surface area contributed by atoms with Crippen LogP contribution in [0.4, 0.5) is 0 Å². The quantitative estimate of drug-likeness (QED) is 0.766. The smallest absolute Gasteiger partial charge is 0.237 e. The maximum absolute atomic E-state index is 11.9. The number of nitrogens with one attached hydrogen (secondary N) is 1. The number of rotatable bonds is 5. The molecule has 0 spiro atoms. The van der Waals surface area contributed by atoms with E-state index >= 15 is 0 Å². The first-order valence-corrected chi connectivity index (χ1v) is 8.12. The van der Waals surface area contributed by atoms with Gasteiger partial charge in [0.25, 0.3) is 0 Å². The first-order chi connectivity index (χ1) is 9.61. The number of primary amides is 1. The highest BCUT2D eigenvalue weighted by Gasteiger charge is 2.42. The van der Waals surface area contributed by atoms with Crippen molar-refractivity contribution in [3.8, 4) is 0 Å². The molecule has 2 rings (SSSR count). The first kappa shape index (κ1) is 15.7. The molecule has 1 aliphatic heterocycles. The van der Waals surface area contributed by atoms with Crippen LogP contribution in [0.1, 0.15) is 39.5 Å². The molecule has 1 heterocycles. The van der Waals surface area contributed by atoms with E-state index in [2.05, 4.69) is 22.0 Å². The number of hydrogen-bond acceptors (Lipinski definition) is 4. The summed E-state index contributed by atoms with van der Waals surface area (Å²) in [4.78, 5) is 17.0. The Balaban J connectivity index is 1.97. The van der Waals surface area contributed by atoms with Gasteiger partial charge in [-0.15, -0.1) is 0 Å². The number of amides is 1. The summed E-state index contributed by atoms with van der Waals surface area (Å²) in [6.45, 7) is 10.8. The Morgan fingerprint density at radius 1 is 1.30 bits per heavy atom. The molecule has 2 unspecified atom stereocenters. The lowest BCUT2D eigenvalue weighted by molar-refractivity contribution is -0.126. The maximum atomic E-state index is 11.9. The molecule has 1 amide bonds. The van der Waals surface area contributed by atoms with E-state index in [0.717, 1.165) is 58.5 Å². The summed E-state index contributed by atoms with van der Waals surface area (Å²) in [5.41, 5.74) is 5.22. The second-order valence-corrected chi connectivity index (χ2v) is 6.20. The van der Waals surface area contributed by atoms with Gasteiger partial charge in [-0.25, -0.2) is 0 Å². The van der Waals surface area contributed by atoms with Crippen LogP contribution in [0.2, 0.25) is 0 Å². The van der Waals surface area contributed by atoms with Crippen LogP contribution in [-0.2, 0) is 4.79 Å². The molecule has 0 aromatic heterocycles. The lowest BCUT2D eigenvalue weighted by Crippen LogP contribution is -2.62. The molecule has 20 heavy (non-hydrogen) atoms. The van der Waals surface area contributed by atoms with Gasteiger partial charge >= 0.3 is 0 Å². The topological polar surface area (TPSA) is 61.6 Å². The van der Waals surface area contributed by atoms with Crippen LogP contribution in [0.15, 0.2) is 0 Å². The van der Waals surface area contributed by atoms with Gasteiger partial charge in [-0.05, 0) is 38.8 Å². The van der Waals surface area contributed by atoms with E-state index in [1.807, 2.05) is 6.92 Å². The lowest BCUT2D eigenvalue weighted by atomic mass is 9.77. The highest BCUT2D eigenvalue weighted by molar-refractivity contribution is 5.84. The maximum Gasteiger partial charge on any atom is 0.237 e. The van der Waals surface area contributed by atoms with Gasteiger partial charge in [0.05, 0.1) is 5.54 Å². The first-order valence-electron chi connectivity index (χ1n) is 8.12. The molecule has 0 bridgehead atoms. The van der Waals surface area contributed by atoms with Crippen LogP contribution in [0.25, 0.3) is 0 Å². The van der Waals surface area contributed by atoms with Crippen LogP contribution in [0, 0.1) is 0 Å². The third-order valence-corrected chi connectivity index (χ3v) is 5.08. The normalized spacial score (nSPS) is 33.2. The molecule has 3 N–H and O–H groups in total. The molecule has 5 nitrogen and oxygen atoms in total. The third-order valence-electron chi connectivity index (χ3n) is 5.08. The Morgan fingerprint density at radius 2 is 2.00 bits per heavy atom. The van der Waals surface area contributed by atoms with Crippen molar-refractivity contribution in [1.29, 1.82) is 0 Å². The van der Waals surface area contributed by atoms with E-state index in [9.17, 15) is 4.79 Å². The number of piperazine rings is 1. The van der Waals surface area contributed by atoms with Gasteiger partial charge in [-0.3, -0.25) is 9.69 Å². The molecule has 1 saturated carbocycles. The highest BCUT2D eigenvalue weighted by atomic mass is 16.1. The standard InChI is InChI=1S/C15H30N4O/c1-3-17-15(14(16)20)7-5-6-13(12-15)19-10-8-18(4-2)9-11-19/h13,17H,3-12H2,1-2H3,(H2,16,20). The van der Waals surface area contributed by atoms with Gasteiger partial charge in [0.2, 0.25) is 5.91 Å². The number of carbonyl (C=O) groups is 1. The van der Waals surface area contributed by atoms with E-state index in [1.54, 1.807) is 0 Å². The van der Waals surface area contributed by atoms with Gasteiger partial charge in [-0.1, -0.05) is 13.8 Å². The summed E-state index contributed by atoms with van der Waals surface area (Å²) in [6, 6.07) is 0.509. The number of nitrogens with zero attached hydrogens (tertiary/aromatic N) is 2. The average molecular weight is 282 g/mol. The van der Waals surface area contributed by atoms with Gasteiger partial charge < -0.3 is 16.0 Å². The second-order valence-electron chi connectivity index (χ2n) is 6.20. The zero-order chi connectivity index (χ0) is 14.6. The van der Waals surface area contributed by atoms with Crippen LogP contribution in [-0.4, -0.2) is 66.6 Å². The predicted octanol–water partition coefficient (Wildman–Crippen LogP) is 0.400. The van der Waals surface area contributed by atoms with Crippen molar-refractivity contribution in [2.24, 2.45) is 5.73 Å². The zero-order valence-electron chi connectivity index (χ0n) is 13.0. The monoisotopic (exact) mass is 282 g/mol. The van der Waals surface area contributed by atoms with Crippen molar-refractivity contribution in [3.63, 3.8) is 0 Å². The Hall–Kier alpha value is -0.650. The van der Waals surface area contributed by atoms with Gasteiger partial charge in [0.1, 0.15) is 0 Å². The minimum absolute atomic E-state index is 0.170. The molecule has 1 aliphatic carbocycles. The number of hydrogen-bond donors (Lipinski definition) is 2. The van der Waals surface area contributed by atoms with E-state index in [0.29, 0.717) is 6.04 Å². The molecule has 0 aromatic carbocycles. The zero-order valence-corrected chi connectivity index (χ0v) is 13.0. The van der Waals surface area contributed by atoms with E-state index in [4.69, 9.17) is 5.73 Å². The fraction of sp³-hybridized carbons (Fsp3) is 0.933. The Bertz CT molecular complexity index is 324. The SMILES string of the molecule is CCNC1(C(N)=O)CCCC(N2CCN(CC)CC2)C1. The molecule has 2 fully saturated rings. The van der Waals surface area contributed by atoms with Gasteiger partial charge in [0, 0.05) is 32.2 Å². The molecular weight excluding hydrogens is 252 g/mol. The number of likely N-dealkylation sites (N-methyl/N-ethyl adjacent to an activating group) is 2. The van der Waals surface area contributed by atoms with Crippen molar-refractivity contribution in [1.82, 2.24) is 15.1 Å². The minimum atomic E-state index is -0.473. The molecule has 116 valence electrons. The Labute approximate surface area is 122 Å². The Kier molecular flexibility index (Phi) is 5.41. The molecule has 5 heteroatoms. The fourth-order valence-corrected chi connectivity index (χ4v) is 3.81. The largest absolute Gasteiger partial charge is 0.368 e. The average Bonchev–Trinajstić information content (AvgIpc) is 2.48. The van der Waals surface area contributed by atoms with Crippen molar-refractivity contribution in [2.45, 2.75) is 51.1 Å². The molecule has 0 radical (unpaired) electrons. The third kappa shape index (κ3) is 3.32. The highest BCUT2D eigenvalue weighted by Crippen LogP contribution is 2.31. The summed E-state index contributed by atoms with van der Waals surface area (Å²) in [5.74, 6) is -0.170. The summed E-state index contributed by atoms with van der Waals surface area (Å²) in [7, 11) is 0. The van der Waals surface area contributed by atoms with Crippen molar-refractivity contribution < 1.29 is 4.79 Å². The van der Waals surface area contributed by atoms with E-state index in [1.165, 1.54) is 6.42 Å². The Morgan fingerprint density at radius 3 is 2.55 bits per heavy atom. The van der Waals surface area contributed by atoms with Gasteiger partial charge in [-0.2, -0.15) is 0 Å². The molecule has 2 aliphatic rings. The molecule has 1 saturated heterocycles. The molecular formula is C15H30N4O. The molecule has 0 aromatic rings. The van der Waals surface area contributed by atoms with E-state index < -0.39 is 5.54 Å². The number of nitrogens with two attached hydrogens (primary N) is 1. The van der Waals surface area contributed by atoms with Gasteiger partial charge in [0.15, 0.2) is 0 Å². The second kappa shape index (κ2) is 6.87. The summed E-state index contributed by atoms with van der Waals surface area (Å²) in [6.07, 6.45) is 4.06. The van der Waals surface area contributed by atoms with Crippen LogP contribution in [0.5, 0.6) is 0 Å². The fourth-order valence-electron chi connectivity index (χ4n) is 3.81. The number of carbonyl (C=O) groups excluding carboxylic acids is 1. The van der Waals surface area contributed by atoms with E-state index in [-0.39, 0.29) is 5.91 Å². The van der Waals surface area contributed by atoms with Crippen LogP contribution in [0.3, 0.4) is 0 Å². The predicted molar refractivity (Wildman–Crippen MR) is 81.5 cm³/mol. The summed E-state index contributed by atoms with van der Waals surface area (Å²) < 4.78 is 0. The minimum Gasteiger partial charge on any atom is -0.368 e. The van der Waals surface area contributed by atoms with Crippen LogP contribution >= 0.6 is 0 Å². The van der Waals surface area contributed by atoms with Crippen molar-refractivity contribution in [2.75, 3.05) is 39.3 Å². The van der Waals surface area contributed by atoms with Crippen molar-refractivity contribution in [3.05, 3.63) is 0 Å². The molecule has 2 atom stereocenters. The summed E-state index contributed by atoms with van der Waals surface area (Å²) >= 11 is 0.